The molecule has 8 heteroatoms. The molecule has 0 radical (unpaired) electrons. The molecule has 0 bridgehead atoms. The molecule has 1 aromatic carbocycles. The molecule has 0 fully saturated rings. The van der Waals surface area contributed by atoms with E-state index in [9.17, 15) is 14.4 Å². The number of nitrogens with zero attached hydrogens (tertiary/aromatic N) is 1. The van der Waals surface area contributed by atoms with Crippen LogP contribution >= 0.6 is 11.3 Å². The van der Waals surface area contributed by atoms with Crippen molar-refractivity contribution in [2.24, 2.45) is 5.92 Å². The SMILES string of the molecule is CCOC(=O)NC(=O)c1c(NC(=O)c2ccc(C#N)cc2)sc2c1CC[C@H](C)C2. The first-order valence-electron chi connectivity index (χ1n) is 9.37. The van der Waals surface area contributed by atoms with E-state index in [4.69, 9.17) is 10.00 Å². The molecule has 7 nitrogen and oxygen atoms in total. The van der Waals surface area contributed by atoms with E-state index in [0.717, 1.165) is 23.3 Å². The van der Waals surface area contributed by atoms with Crippen molar-refractivity contribution in [1.82, 2.24) is 5.32 Å². The van der Waals surface area contributed by atoms with Gasteiger partial charge in [0.2, 0.25) is 0 Å². The van der Waals surface area contributed by atoms with Gasteiger partial charge in [-0.3, -0.25) is 14.9 Å². The van der Waals surface area contributed by atoms with Crippen LogP contribution in [0, 0.1) is 17.2 Å². The number of anilines is 1. The first-order valence-corrected chi connectivity index (χ1v) is 10.2. The Bertz CT molecular complexity index is 989. The molecule has 150 valence electrons. The van der Waals surface area contributed by atoms with Crippen LogP contribution in [0.4, 0.5) is 9.80 Å². The zero-order valence-corrected chi connectivity index (χ0v) is 17.0. The Morgan fingerprint density at radius 3 is 2.62 bits per heavy atom. The molecule has 0 unspecified atom stereocenters. The molecule has 3 amide bonds. The highest BCUT2D eigenvalue weighted by Gasteiger charge is 2.29. The Balaban J connectivity index is 1.90. The third-order valence-electron chi connectivity index (χ3n) is 4.73. The van der Waals surface area contributed by atoms with E-state index in [1.54, 1.807) is 31.2 Å². The summed E-state index contributed by atoms with van der Waals surface area (Å²) in [6.07, 6.45) is 1.66. The number of nitriles is 1. The first-order chi connectivity index (χ1) is 13.9. The maximum atomic E-state index is 12.8. The third kappa shape index (κ3) is 4.63. The van der Waals surface area contributed by atoms with Crippen LogP contribution in [0.2, 0.25) is 0 Å². The van der Waals surface area contributed by atoms with Crippen LogP contribution in [0.5, 0.6) is 0 Å². The van der Waals surface area contributed by atoms with Crippen molar-refractivity contribution in [3.8, 4) is 6.07 Å². The molecule has 2 aromatic rings. The molecule has 1 aliphatic rings. The molecule has 3 rings (SSSR count). The minimum Gasteiger partial charge on any atom is -0.450 e. The number of amides is 3. The second-order valence-electron chi connectivity index (χ2n) is 6.87. The van der Waals surface area contributed by atoms with Gasteiger partial charge in [-0.25, -0.2) is 4.79 Å². The van der Waals surface area contributed by atoms with Crippen LogP contribution in [0.15, 0.2) is 24.3 Å². The van der Waals surface area contributed by atoms with Gasteiger partial charge in [0.15, 0.2) is 0 Å². The number of thiophene rings is 1. The number of fused-ring (bicyclic) bond motifs is 1. The Morgan fingerprint density at radius 1 is 1.24 bits per heavy atom. The van der Waals surface area contributed by atoms with E-state index in [-0.39, 0.29) is 12.5 Å². The molecule has 0 saturated carbocycles. The van der Waals surface area contributed by atoms with Crippen molar-refractivity contribution in [3.63, 3.8) is 0 Å². The fourth-order valence-corrected chi connectivity index (χ4v) is 4.68. The monoisotopic (exact) mass is 411 g/mol. The van der Waals surface area contributed by atoms with E-state index < -0.39 is 12.0 Å². The lowest BCUT2D eigenvalue weighted by Gasteiger charge is -2.18. The average Bonchev–Trinajstić information content (AvgIpc) is 3.04. The summed E-state index contributed by atoms with van der Waals surface area (Å²) in [5.41, 5.74) is 2.04. The molecule has 1 aliphatic carbocycles. The number of alkyl carbamates (subject to hydrolysis) is 1. The lowest BCUT2D eigenvalue weighted by Crippen LogP contribution is -2.32. The van der Waals surface area contributed by atoms with Crippen molar-refractivity contribution >= 4 is 34.2 Å². The molecular formula is C21H21N3O4S. The van der Waals surface area contributed by atoms with Gasteiger partial charge in [-0.1, -0.05) is 6.92 Å². The Hall–Kier alpha value is -3.18. The van der Waals surface area contributed by atoms with Crippen molar-refractivity contribution in [2.75, 3.05) is 11.9 Å². The molecule has 1 aromatic heterocycles. The number of ether oxygens (including phenoxy) is 1. The maximum absolute atomic E-state index is 12.8. The number of benzene rings is 1. The highest BCUT2D eigenvalue weighted by Crippen LogP contribution is 2.39. The third-order valence-corrected chi connectivity index (χ3v) is 5.90. The summed E-state index contributed by atoms with van der Waals surface area (Å²) in [7, 11) is 0. The first kappa shape index (κ1) is 20.6. The van der Waals surface area contributed by atoms with Crippen molar-refractivity contribution in [1.29, 1.82) is 5.26 Å². The summed E-state index contributed by atoms with van der Waals surface area (Å²) >= 11 is 1.37. The molecule has 1 atom stereocenters. The van der Waals surface area contributed by atoms with Crippen LogP contribution in [0.25, 0.3) is 0 Å². The van der Waals surface area contributed by atoms with E-state index >= 15 is 0 Å². The highest BCUT2D eigenvalue weighted by molar-refractivity contribution is 7.17. The van der Waals surface area contributed by atoms with Gasteiger partial charge in [0.25, 0.3) is 11.8 Å². The number of hydrogen-bond acceptors (Lipinski definition) is 6. The number of rotatable bonds is 4. The Kier molecular flexibility index (Phi) is 6.29. The van der Waals surface area contributed by atoms with Crippen LogP contribution in [0.3, 0.4) is 0 Å². The molecule has 29 heavy (non-hydrogen) atoms. The number of carbonyl (C=O) groups excluding carboxylic acids is 3. The minimum atomic E-state index is -0.814. The molecule has 2 N–H and O–H groups in total. The summed E-state index contributed by atoms with van der Waals surface area (Å²) < 4.78 is 4.80. The van der Waals surface area contributed by atoms with Gasteiger partial charge in [-0.15, -0.1) is 11.3 Å². The fourth-order valence-electron chi connectivity index (χ4n) is 3.27. The van der Waals surface area contributed by atoms with Gasteiger partial charge in [0.1, 0.15) is 5.00 Å². The zero-order valence-electron chi connectivity index (χ0n) is 16.2. The largest absolute Gasteiger partial charge is 0.450 e. The van der Waals surface area contributed by atoms with E-state index in [1.807, 2.05) is 6.07 Å². The molecule has 0 aliphatic heterocycles. The highest BCUT2D eigenvalue weighted by atomic mass is 32.1. The number of hydrogen-bond donors (Lipinski definition) is 2. The van der Waals surface area contributed by atoms with Crippen LogP contribution in [-0.2, 0) is 17.6 Å². The maximum Gasteiger partial charge on any atom is 0.414 e. The predicted molar refractivity (Wildman–Crippen MR) is 109 cm³/mol. The Morgan fingerprint density at radius 2 is 1.97 bits per heavy atom. The van der Waals surface area contributed by atoms with Crippen LogP contribution in [-0.4, -0.2) is 24.5 Å². The topological polar surface area (TPSA) is 108 Å². The van der Waals surface area contributed by atoms with Crippen molar-refractivity contribution in [2.45, 2.75) is 33.1 Å². The van der Waals surface area contributed by atoms with E-state index in [1.165, 1.54) is 11.3 Å². The van der Waals surface area contributed by atoms with E-state index in [0.29, 0.717) is 34.0 Å². The van der Waals surface area contributed by atoms with Crippen LogP contribution < -0.4 is 10.6 Å². The standard InChI is InChI=1S/C21H21N3O4S/c1-3-28-21(27)24-19(26)17-15-9-4-12(2)10-16(15)29-20(17)23-18(25)14-7-5-13(11-22)6-8-14/h5-8,12H,3-4,9-10H2,1-2H3,(H,23,25)(H,24,26,27)/t12-/m0/s1. The second kappa shape index (κ2) is 8.88. The average molecular weight is 411 g/mol. The Labute approximate surface area is 172 Å². The zero-order chi connectivity index (χ0) is 21.0. The summed E-state index contributed by atoms with van der Waals surface area (Å²) in [6.45, 7) is 3.96. The van der Waals surface area contributed by atoms with Crippen molar-refractivity contribution in [3.05, 3.63) is 51.4 Å². The summed E-state index contributed by atoms with van der Waals surface area (Å²) in [6, 6.07) is 8.24. The fraction of sp³-hybridized carbons (Fsp3) is 0.333. The quantitative estimate of drug-likeness (QED) is 0.794. The van der Waals surface area contributed by atoms with Gasteiger partial charge in [0.05, 0.1) is 23.8 Å². The summed E-state index contributed by atoms with van der Waals surface area (Å²) in [5, 5.41) is 14.3. The van der Waals surface area contributed by atoms with Gasteiger partial charge in [0, 0.05) is 10.4 Å². The molecule has 0 spiro atoms. The summed E-state index contributed by atoms with van der Waals surface area (Å²) in [5.74, 6) is -0.471. The van der Waals surface area contributed by atoms with Gasteiger partial charge >= 0.3 is 6.09 Å². The number of imide groups is 1. The summed E-state index contributed by atoms with van der Waals surface area (Å²) in [4.78, 5) is 38.2. The van der Waals surface area contributed by atoms with Gasteiger partial charge < -0.3 is 10.1 Å². The lowest BCUT2D eigenvalue weighted by atomic mass is 9.88. The molecule has 1 heterocycles. The predicted octanol–water partition coefficient (Wildman–Crippen LogP) is 3.88. The minimum absolute atomic E-state index is 0.153. The number of nitrogens with one attached hydrogen (secondary N) is 2. The lowest BCUT2D eigenvalue weighted by molar-refractivity contribution is 0.0925. The van der Waals surface area contributed by atoms with Gasteiger partial charge in [-0.2, -0.15) is 5.26 Å². The smallest absolute Gasteiger partial charge is 0.414 e. The van der Waals surface area contributed by atoms with Crippen LogP contribution in [0.1, 0.15) is 57.0 Å². The molecular weight excluding hydrogens is 390 g/mol. The molecule has 0 saturated heterocycles. The van der Waals surface area contributed by atoms with Gasteiger partial charge in [-0.05, 0) is 61.9 Å². The second-order valence-corrected chi connectivity index (χ2v) is 7.98. The normalized spacial score (nSPS) is 15.0. The van der Waals surface area contributed by atoms with E-state index in [2.05, 4.69) is 17.6 Å². The number of carbonyl (C=O) groups is 3. The van der Waals surface area contributed by atoms with Crippen molar-refractivity contribution < 1.29 is 19.1 Å².